The van der Waals surface area contributed by atoms with Crippen molar-refractivity contribution in [1.82, 2.24) is 5.32 Å². The van der Waals surface area contributed by atoms with Gasteiger partial charge in [0.1, 0.15) is 5.84 Å². The summed E-state index contributed by atoms with van der Waals surface area (Å²) in [6, 6.07) is 13.1. The van der Waals surface area contributed by atoms with Gasteiger partial charge in [-0.15, -0.1) is 0 Å². The predicted molar refractivity (Wildman–Crippen MR) is 94.6 cm³/mol. The Morgan fingerprint density at radius 3 is 2.20 bits per heavy atom. The molecular formula is C19H20N2O4. The summed E-state index contributed by atoms with van der Waals surface area (Å²) >= 11 is 0. The van der Waals surface area contributed by atoms with Crippen LogP contribution < -0.4 is 19.5 Å². The number of methoxy groups -OCH3 is 3. The van der Waals surface area contributed by atoms with Crippen LogP contribution in [-0.4, -0.2) is 33.1 Å². The van der Waals surface area contributed by atoms with Crippen LogP contribution in [0.15, 0.2) is 47.5 Å². The van der Waals surface area contributed by atoms with Crippen LogP contribution in [0, 0.1) is 0 Å². The molecule has 1 aliphatic rings. The maximum Gasteiger partial charge on any atom is 0.228 e. The van der Waals surface area contributed by atoms with Gasteiger partial charge in [0.2, 0.25) is 11.7 Å². The molecule has 0 aromatic heterocycles. The number of ether oxygens (including phenoxy) is 3. The number of hydrogen-bond donors (Lipinski definition) is 1. The van der Waals surface area contributed by atoms with Gasteiger partial charge < -0.3 is 19.5 Å². The van der Waals surface area contributed by atoms with E-state index < -0.39 is 0 Å². The molecule has 1 heterocycles. The number of rotatable bonds is 5. The van der Waals surface area contributed by atoms with Crippen LogP contribution in [0.4, 0.5) is 0 Å². The van der Waals surface area contributed by atoms with E-state index in [0.29, 0.717) is 35.1 Å². The molecule has 25 heavy (non-hydrogen) atoms. The maximum atomic E-state index is 12.2. The van der Waals surface area contributed by atoms with E-state index in [1.165, 1.54) is 0 Å². The predicted octanol–water partition coefficient (Wildman–Crippen LogP) is 2.72. The molecule has 0 fully saturated rings. The highest BCUT2D eigenvalue weighted by Gasteiger charge is 2.25. The molecule has 6 nitrogen and oxygen atoms in total. The summed E-state index contributed by atoms with van der Waals surface area (Å²) < 4.78 is 16.1. The fourth-order valence-electron chi connectivity index (χ4n) is 2.82. The molecule has 1 amide bonds. The molecule has 130 valence electrons. The summed E-state index contributed by atoms with van der Waals surface area (Å²) in [5.74, 6) is 1.93. The number of benzene rings is 2. The number of nitrogens with one attached hydrogen (secondary N) is 1. The molecule has 3 rings (SSSR count). The smallest absolute Gasteiger partial charge is 0.228 e. The summed E-state index contributed by atoms with van der Waals surface area (Å²) in [7, 11) is 4.65. The van der Waals surface area contributed by atoms with Gasteiger partial charge >= 0.3 is 0 Å². The molecule has 0 spiro atoms. The highest BCUT2D eigenvalue weighted by molar-refractivity contribution is 6.10. The first-order valence-electron chi connectivity index (χ1n) is 7.89. The van der Waals surface area contributed by atoms with Crippen molar-refractivity contribution >= 4 is 11.7 Å². The summed E-state index contributed by atoms with van der Waals surface area (Å²) in [6.07, 6.45) is 0.317. The lowest BCUT2D eigenvalue weighted by molar-refractivity contribution is -0.120. The Kier molecular flexibility index (Phi) is 4.88. The van der Waals surface area contributed by atoms with Crippen molar-refractivity contribution in [3.63, 3.8) is 0 Å². The van der Waals surface area contributed by atoms with Crippen LogP contribution in [0.3, 0.4) is 0 Å². The van der Waals surface area contributed by atoms with Gasteiger partial charge in [-0.05, 0) is 17.7 Å². The Balaban J connectivity index is 2.05. The molecule has 6 heteroatoms. The second-order valence-electron chi connectivity index (χ2n) is 5.57. The second kappa shape index (κ2) is 7.25. The van der Waals surface area contributed by atoms with Crippen LogP contribution in [0.2, 0.25) is 0 Å². The first kappa shape index (κ1) is 16.8. The van der Waals surface area contributed by atoms with Gasteiger partial charge in [0.25, 0.3) is 0 Å². The minimum atomic E-state index is -0.218. The van der Waals surface area contributed by atoms with Crippen LogP contribution in [0.1, 0.15) is 23.6 Å². The molecule has 0 saturated carbocycles. The lowest BCUT2D eigenvalue weighted by Gasteiger charge is -2.22. The van der Waals surface area contributed by atoms with Crippen LogP contribution >= 0.6 is 0 Å². The third-order valence-electron chi connectivity index (χ3n) is 4.04. The minimum absolute atomic E-state index is 0.0763. The lowest BCUT2D eigenvalue weighted by atomic mass is 10.0. The molecule has 2 aromatic carbocycles. The molecule has 0 radical (unpaired) electrons. The average molecular weight is 340 g/mol. The molecule has 1 N–H and O–H groups in total. The van der Waals surface area contributed by atoms with Gasteiger partial charge in [-0.25, -0.2) is 0 Å². The second-order valence-corrected chi connectivity index (χ2v) is 5.57. The number of aliphatic imine (C=N–C) groups is 1. The summed E-state index contributed by atoms with van der Waals surface area (Å²) in [5, 5.41) is 2.83. The summed E-state index contributed by atoms with van der Waals surface area (Å²) in [6.45, 7) is 0. The van der Waals surface area contributed by atoms with Gasteiger partial charge in [0.05, 0.1) is 33.8 Å². The topological polar surface area (TPSA) is 69.2 Å². The number of amides is 1. The fraction of sp³-hybridized carbons (Fsp3) is 0.263. The van der Waals surface area contributed by atoms with Crippen molar-refractivity contribution in [3.05, 3.63) is 53.6 Å². The Morgan fingerprint density at radius 2 is 1.64 bits per heavy atom. The maximum absolute atomic E-state index is 12.2. The van der Waals surface area contributed by atoms with E-state index in [0.717, 1.165) is 5.56 Å². The minimum Gasteiger partial charge on any atom is -0.493 e. The first-order valence-corrected chi connectivity index (χ1v) is 7.89. The largest absolute Gasteiger partial charge is 0.493 e. The number of nitrogens with zero attached hydrogens (tertiary/aromatic N) is 1. The molecule has 1 aliphatic heterocycles. The van der Waals surface area contributed by atoms with Crippen molar-refractivity contribution in [2.75, 3.05) is 21.3 Å². The third-order valence-corrected chi connectivity index (χ3v) is 4.04. The molecule has 2 aromatic rings. The fourth-order valence-corrected chi connectivity index (χ4v) is 2.82. The number of carbonyl (C=O) groups excluding carboxylic acids is 1. The van der Waals surface area contributed by atoms with Crippen molar-refractivity contribution in [3.8, 4) is 17.2 Å². The van der Waals surface area contributed by atoms with Crippen molar-refractivity contribution < 1.29 is 19.0 Å². The molecular weight excluding hydrogens is 320 g/mol. The van der Waals surface area contributed by atoms with E-state index >= 15 is 0 Å². The lowest BCUT2D eigenvalue weighted by Crippen LogP contribution is -2.36. The molecule has 0 bridgehead atoms. The summed E-state index contributed by atoms with van der Waals surface area (Å²) in [4.78, 5) is 16.9. The Morgan fingerprint density at radius 1 is 1.00 bits per heavy atom. The average Bonchev–Trinajstić information content (AvgIpc) is 2.66. The van der Waals surface area contributed by atoms with Crippen LogP contribution in [0.25, 0.3) is 0 Å². The normalized spacial score (nSPS) is 16.7. The molecule has 0 aliphatic carbocycles. The highest BCUT2D eigenvalue weighted by atomic mass is 16.5. The Labute approximate surface area is 146 Å². The van der Waals surface area contributed by atoms with Crippen LogP contribution in [-0.2, 0) is 4.79 Å². The number of amidine groups is 1. The quantitative estimate of drug-likeness (QED) is 0.909. The zero-order valence-electron chi connectivity index (χ0n) is 14.4. The van der Waals surface area contributed by atoms with E-state index in [-0.39, 0.29) is 11.9 Å². The van der Waals surface area contributed by atoms with Gasteiger partial charge in [0.15, 0.2) is 11.5 Å². The monoisotopic (exact) mass is 340 g/mol. The molecule has 0 saturated heterocycles. The van der Waals surface area contributed by atoms with Gasteiger partial charge in [-0.1, -0.05) is 30.3 Å². The van der Waals surface area contributed by atoms with E-state index in [1.807, 2.05) is 30.3 Å². The molecule has 1 unspecified atom stereocenters. The van der Waals surface area contributed by atoms with E-state index in [1.54, 1.807) is 33.5 Å². The van der Waals surface area contributed by atoms with Gasteiger partial charge in [-0.2, -0.15) is 0 Å². The standard InChI is InChI=1S/C19H20N2O4/c1-23-15-9-13(10-16(24-2)18(15)25-3)19-20-14(11-17(22)21-19)12-7-5-4-6-8-12/h4-10,14H,11H2,1-3H3,(H,20,21,22). The zero-order chi connectivity index (χ0) is 17.8. The van der Waals surface area contributed by atoms with Crippen molar-refractivity contribution in [1.29, 1.82) is 0 Å². The Bertz CT molecular complexity index is 777. The van der Waals surface area contributed by atoms with Crippen molar-refractivity contribution in [2.45, 2.75) is 12.5 Å². The SMILES string of the molecule is COc1cc(C2=NC(c3ccccc3)CC(=O)N2)cc(OC)c1OC. The first-order chi connectivity index (χ1) is 12.2. The third kappa shape index (κ3) is 3.42. The van der Waals surface area contributed by atoms with E-state index in [4.69, 9.17) is 19.2 Å². The van der Waals surface area contributed by atoms with E-state index in [2.05, 4.69) is 5.32 Å². The van der Waals surface area contributed by atoms with E-state index in [9.17, 15) is 4.79 Å². The molecule has 1 atom stereocenters. The van der Waals surface area contributed by atoms with Gasteiger partial charge in [0, 0.05) is 5.56 Å². The van der Waals surface area contributed by atoms with Gasteiger partial charge in [-0.3, -0.25) is 9.79 Å². The van der Waals surface area contributed by atoms with Crippen LogP contribution in [0.5, 0.6) is 17.2 Å². The Hall–Kier alpha value is -3.02. The van der Waals surface area contributed by atoms with Crippen molar-refractivity contribution in [2.24, 2.45) is 4.99 Å². The number of hydrogen-bond acceptors (Lipinski definition) is 5. The zero-order valence-corrected chi connectivity index (χ0v) is 14.4. The highest BCUT2D eigenvalue weighted by Crippen LogP contribution is 2.38. The summed E-state index contributed by atoms with van der Waals surface area (Å²) in [5.41, 5.74) is 1.70. The number of carbonyl (C=O) groups is 1.